The SMILES string of the molecule is COC(=O)c1ccc([C@@H]2C[C@@H](OCC(F)(F)F)CCN2C(=O)c2c(OC)cc(C)c3c2ccn3C(=O)OC(C)(C)C)cc1. The van der Waals surface area contributed by atoms with E-state index >= 15 is 0 Å². The Labute approximate surface area is 247 Å². The molecular formula is C31H35F3N2O7. The minimum atomic E-state index is -4.49. The van der Waals surface area contributed by atoms with Crippen molar-refractivity contribution in [2.45, 2.75) is 64.5 Å². The second-order valence-electron chi connectivity index (χ2n) is 11.4. The van der Waals surface area contributed by atoms with Crippen molar-refractivity contribution in [3.8, 4) is 5.75 Å². The van der Waals surface area contributed by atoms with Crippen LogP contribution in [0.1, 0.15) is 71.5 Å². The Morgan fingerprint density at radius 3 is 2.28 bits per heavy atom. The largest absolute Gasteiger partial charge is 0.496 e. The van der Waals surface area contributed by atoms with Gasteiger partial charge in [0.2, 0.25) is 0 Å². The van der Waals surface area contributed by atoms with Crippen molar-refractivity contribution in [1.82, 2.24) is 9.47 Å². The number of carbonyl (C=O) groups is 3. The summed E-state index contributed by atoms with van der Waals surface area (Å²) in [6.07, 6.45) is -4.07. The van der Waals surface area contributed by atoms with Crippen LogP contribution < -0.4 is 4.74 Å². The predicted molar refractivity (Wildman–Crippen MR) is 151 cm³/mol. The second-order valence-corrected chi connectivity index (χ2v) is 11.4. The van der Waals surface area contributed by atoms with Crippen LogP contribution in [0.3, 0.4) is 0 Å². The molecule has 0 bridgehead atoms. The van der Waals surface area contributed by atoms with E-state index in [1.54, 1.807) is 56.9 Å². The first kappa shape index (κ1) is 31.9. The number of amides is 1. The molecule has 1 aromatic heterocycles. The van der Waals surface area contributed by atoms with Crippen LogP contribution in [0.5, 0.6) is 5.75 Å². The van der Waals surface area contributed by atoms with E-state index < -0.39 is 48.5 Å². The first-order chi connectivity index (χ1) is 20.1. The quantitative estimate of drug-likeness (QED) is 0.298. The molecule has 0 N–H and O–H groups in total. The smallest absolute Gasteiger partial charge is 0.419 e. The molecule has 2 aromatic carbocycles. The Bertz CT molecular complexity index is 1510. The van der Waals surface area contributed by atoms with Gasteiger partial charge in [-0.05, 0) is 75.9 Å². The van der Waals surface area contributed by atoms with Crippen LogP contribution in [0.4, 0.5) is 18.0 Å². The number of halogens is 3. The van der Waals surface area contributed by atoms with Crippen molar-refractivity contribution in [2.24, 2.45) is 0 Å². The van der Waals surface area contributed by atoms with Gasteiger partial charge < -0.3 is 23.8 Å². The highest BCUT2D eigenvalue weighted by Gasteiger charge is 2.38. The lowest BCUT2D eigenvalue weighted by Gasteiger charge is -2.40. The van der Waals surface area contributed by atoms with E-state index in [9.17, 15) is 27.6 Å². The van der Waals surface area contributed by atoms with Gasteiger partial charge in [-0.3, -0.25) is 9.36 Å². The molecule has 0 unspecified atom stereocenters. The fourth-order valence-electron chi connectivity index (χ4n) is 5.31. The average Bonchev–Trinajstić information content (AvgIpc) is 3.40. The number of rotatable bonds is 6. The number of piperidine rings is 1. The molecule has 0 aliphatic carbocycles. The number of alkyl halides is 3. The monoisotopic (exact) mass is 604 g/mol. The highest BCUT2D eigenvalue weighted by molar-refractivity contribution is 6.11. The van der Waals surface area contributed by atoms with Gasteiger partial charge >= 0.3 is 18.2 Å². The number of ether oxygens (including phenoxy) is 4. The van der Waals surface area contributed by atoms with Crippen LogP contribution >= 0.6 is 0 Å². The third-order valence-electron chi connectivity index (χ3n) is 7.16. The summed E-state index contributed by atoms with van der Waals surface area (Å²) in [5.41, 5.74) is 1.50. The van der Waals surface area contributed by atoms with Crippen LogP contribution in [0.15, 0.2) is 42.6 Å². The van der Waals surface area contributed by atoms with Gasteiger partial charge in [-0.15, -0.1) is 0 Å². The molecular weight excluding hydrogens is 569 g/mol. The molecule has 2 heterocycles. The Balaban J connectivity index is 1.77. The topological polar surface area (TPSA) is 96.3 Å². The molecule has 1 aliphatic heterocycles. The van der Waals surface area contributed by atoms with Crippen molar-refractivity contribution < 1.29 is 46.5 Å². The number of aryl methyl sites for hydroxylation is 1. The summed E-state index contributed by atoms with van der Waals surface area (Å²) in [5.74, 6) is -0.692. The highest BCUT2D eigenvalue weighted by Crippen LogP contribution is 2.39. The fourth-order valence-corrected chi connectivity index (χ4v) is 5.31. The molecule has 2 atom stereocenters. The normalized spacial score (nSPS) is 17.6. The molecule has 1 fully saturated rings. The maximum absolute atomic E-state index is 14.4. The van der Waals surface area contributed by atoms with E-state index in [-0.39, 0.29) is 36.3 Å². The zero-order valence-electron chi connectivity index (χ0n) is 24.9. The van der Waals surface area contributed by atoms with E-state index in [2.05, 4.69) is 0 Å². The Morgan fingerprint density at radius 1 is 1.02 bits per heavy atom. The van der Waals surface area contributed by atoms with Gasteiger partial charge in [0.25, 0.3) is 5.91 Å². The molecule has 0 spiro atoms. The van der Waals surface area contributed by atoms with Crippen molar-refractivity contribution in [2.75, 3.05) is 27.4 Å². The minimum absolute atomic E-state index is 0.0929. The van der Waals surface area contributed by atoms with E-state index in [0.29, 0.717) is 22.0 Å². The number of likely N-dealkylation sites (tertiary alicyclic amines) is 1. The molecule has 1 aliphatic rings. The van der Waals surface area contributed by atoms with E-state index in [1.165, 1.54) is 37.1 Å². The number of nitrogens with zero attached hydrogens (tertiary/aromatic N) is 2. The molecule has 4 rings (SSSR count). The number of fused-ring (bicyclic) bond motifs is 1. The fraction of sp³-hybridized carbons (Fsp3) is 0.452. The van der Waals surface area contributed by atoms with Crippen LogP contribution in [-0.4, -0.2) is 72.7 Å². The number of hydrogen-bond acceptors (Lipinski definition) is 7. The lowest BCUT2D eigenvalue weighted by atomic mass is 9.91. The molecule has 1 saturated heterocycles. The Hall–Kier alpha value is -4.06. The maximum atomic E-state index is 14.4. The highest BCUT2D eigenvalue weighted by atomic mass is 19.4. The standard InChI is InChI=1S/C31H35F3N2O7/c1-18-15-24(40-5)25(22-12-14-36(26(18)22)29(39)43-30(2,3)4)27(37)35-13-11-21(42-17-31(32,33)34)16-23(35)19-7-9-20(10-8-19)28(38)41-6/h7-10,12,14-15,21,23H,11,13,16-17H2,1-6H3/t21-,23-/m0/s1. The van der Waals surface area contributed by atoms with Gasteiger partial charge in [0.1, 0.15) is 18.0 Å². The maximum Gasteiger partial charge on any atom is 0.419 e. The molecule has 43 heavy (non-hydrogen) atoms. The first-order valence-electron chi connectivity index (χ1n) is 13.7. The van der Waals surface area contributed by atoms with Crippen LogP contribution in [0, 0.1) is 6.92 Å². The molecule has 1 amide bonds. The van der Waals surface area contributed by atoms with Crippen molar-refractivity contribution in [3.05, 3.63) is 64.8 Å². The molecule has 9 nitrogen and oxygen atoms in total. The summed E-state index contributed by atoms with van der Waals surface area (Å²) in [4.78, 5) is 40.9. The second kappa shape index (κ2) is 12.3. The Morgan fingerprint density at radius 2 is 1.70 bits per heavy atom. The van der Waals surface area contributed by atoms with Gasteiger partial charge in [0, 0.05) is 18.1 Å². The van der Waals surface area contributed by atoms with Crippen molar-refractivity contribution >= 4 is 28.9 Å². The molecule has 3 aromatic rings. The number of hydrogen-bond donors (Lipinski definition) is 0. The molecule has 232 valence electrons. The summed E-state index contributed by atoms with van der Waals surface area (Å²) < 4.78 is 61.3. The minimum Gasteiger partial charge on any atom is -0.496 e. The predicted octanol–water partition coefficient (Wildman–Crippen LogP) is 6.45. The summed E-state index contributed by atoms with van der Waals surface area (Å²) in [6.45, 7) is 5.74. The van der Waals surface area contributed by atoms with Crippen LogP contribution in [-0.2, 0) is 14.2 Å². The number of aromatic nitrogens is 1. The summed E-state index contributed by atoms with van der Waals surface area (Å²) in [7, 11) is 2.69. The lowest BCUT2D eigenvalue weighted by Crippen LogP contribution is -2.44. The van der Waals surface area contributed by atoms with Gasteiger partial charge in [0.15, 0.2) is 0 Å². The van der Waals surface area contributed by atoms with Crippen molar-refractivity contribution in [3.63, 3.8) is 0 Å². The zero-order chi connectivity index (χ0) is 31.7. The number of carbonyl (C=O) groups excluding carboxylic acids is 3. The van der Waals surface area contributed by atoms with Crippen LogP contribution in [0.2, 0.25) is 0 Å². The van der Waals surface area contributed by atoms with Gasteiger partial charge in [0.05, 0.1) is 43.0 Å². The van der Waals surface area contributed by atoms with E-state index in [1.807, 2.05) is 0 Å². The molecule has 0 saturated carbocycles. The summed E-state index contributed by atoms with van der Waals surface area (Å²) in [6, 6.07) is 8.98. The number of benzene rings is 2. The van der Waals surface area contributed by atoms with E-state index in [4.69, 9.17) is 18.9 Å². The summed E-state index contributed by atoms with van der Waals surface area (Å²) in [5, 5.41) is 0.461. The summed E-state index contributed by atoms with van der Waals surface area (Å²) >= 11 is 0. The number of esters is 1. The average molecular weight is 605 g/mol. The van der Waals surface area contributed by atoms with Gasteiger partial charge in [-0.2, -0.15) is 13.2 Å². The van der Waals surface area contributed by atoms with Crippen LogP contribution in [0.25, 0.3) is 10.9 Å². The molecule has 12 heteroatoms. The first-order valence-corrected chi connectivity index (χ1v) is 13.7. The van der Waals surface area contributed by atoms with E-state index in [0.717, 1.165) is 0 Å². The van der Waals surface area contributed by atoms with Gasteiger partial charge in [-0.1, -0.05) is 12.1 Å². The third kappa shape index (κ3) is 7.12. The molecule has 0 radical (unpaired) electrons. The van der Waals surface area contributed by atoms with Crippen molar-refractivity contribution in [1.29, 1.82) is 0 Å². The zero-order valence-corrected chi connectivity index (χ0v) is 24.9. The third-order valence-corrected chi connectivity index (χ3v) is 7.16. The Kier molecular flexibility index (Phi) is 9.10. The lowest BCUT2D eigenvalue weighted by molar-refractivity contribution is -0.190. The van der Waals surface area contributed by atoms with Gasteiger partial charge in [-0.25, -0.2) is 9.59 Å². The number of methoxy groups -OCH3 is 2.